The highest BCUT2D eigenvalue weighted by atomic mass is 79.9. The van der Waals surface area contributed by atoms with Crippen molar-refractivity contribution in [1.82, 2.24) is 4.98 Å². The monoisotopic (exact) mass is 687 g/mol. The summed E-state index contributed by atoms with van der Waals surface area (Å²) in [6.07, 6.45) is 0.830. The molecule has 2 aliphatic carbocycles. The number of nitrogens with zero attached hydrogens (tertiary/aromatic N) is 1. The van der Waals surface area contributed by atoms with Crippen molar-refractivity contribution in [2.45, 2.75) is 22.6 Å². The van der Waals surface area contributed by atoms with Gasteiger partial charge in [0, 0.05) is 26.2 Å². The second-order valence-electron chi connectivity index (χ2n) is 11.7. The largest absolute Gasteiger partial charge is 0.484 e. The molecule has 0 spiro atoms. The van der Waals surface area contributed by atoms with Crippen molar-refractivity contribution in [1.29, 1.82) is 0 Å². The van der Waals surface area contributed by atoms with Crippen LogP contribution in [0.5, 0.6) is 5.75 Å². The number of aromatic amines is 1. The van der Waals surface area contributed by atoms with E-state index in [1.165, 1.54) is 16.2 Å². The quantitative estimate of drug-likeness (QED) is 0.245. The summed E-state index contributed by atoms with van der Waals surface area (Å²) >= 11 is 6.34. The first kappa shape index (κ1) is 27.8. The molecular formula is C33H26BrN3O5S2. The van der Waals surface area contributed by atoms with Crippen LogP contribution in [0.25, 0.3) is 0 Å². The van der Waals surface area contributed by atoms with Crippen LogP contribution in [0.1, 0.15) is 22.8 Å². The van der Waals surface area contributed by atoms with Crippen LogP contribution in [-0.2, 0) is 14.4 Å². The maximum absolute atomic E-state index is 13.9. The minimum atomic E-state index is -0.358. The lowest BCUT2D eigenvalue weighted by atomic mass is 9.68. The number of imide groups is 1. The fraction of sp³-hybridized carbons (Fsp3) is 0.273. The number of halogens is 1. The van der Waals surface area contributed by atoms with Gasteiger partial charge in [0.1, 0.15) is 5.75 Å². The van der Waals surface area contributed by atoms with Crippen molar-refractivity contribution < 1.29 is 19.1 Å². The minimum Gasteiger partial charge on any atom is -0.484 e. The SMILES string of the molecule is O=C(COc1ccc([C@H]2c3sc(=O)[nH]c3SC3C2[C@H]2C[C@@H]3C3C(=O)N(c4ccc(Br)cc4)C(=O)C32)cc1)Nc1ccccc1. The summed E-state index contributed by atoms with van der Waals surface area (Å²) in [5, 5.41) is 3.80. The Balaban J connectivity index is 1.06. The predicted molar refractivity (Wildman–Crippen MR) is 172 cm³/mol. The number of anilines is 2. The van der Waals surface area contributed by atoms with Gasteiger partial charge in [-0.3, -0.25) is 24.1 Å². The Morgan fingerprint density at radius 1 is 0.932 bits per heavy atom. The van der Waals surface area contributed by atoms with Gasteiger partial charge >= 0.3 is 4.87 Å². The van der Waals surface area contributed by atoms with Gasteiger partial charge in [0.05, 0.1) is 22.5 Å². The van der Waals surface area contributed by atoms with E-state index in [9.17, 15) is 19.2 Å². The number of nitrogens with one attached hydrogen (secondary N) is 2. The van der Waals surface area contributed by atoms with Gasteiger partial charge in [-0.25, -0.2) is 0 Å². The van der Waals surface area contributed by atoms with Gasteiger partial charge in [-0.2, -0.15) is 0 Å². The van der Waals surface area contributed by atoms with Crippen LogP contribution in [0.4, 0.5) is 11.4 Å². The van der Waals surface area contributed by atoms with E-state index in [4.69, 9.17) is 4.74 Å². The number of aromatic nitrogens is 1. The average molecular weight is 689 g/mol. The first-order valence-corrected chi connectivity index (χ1v) is 17.0. The van der Waals surface area contributed by atoms with Crippen LogP contribution in [0.15, 0.2) is 93.2 Å². The van der Waals surface area contributed by atoms with Crippen LogP contribution in [0.3, 0.4) is 0 Å². The molecule has 7 atom stereocenters. The summed E-state index contributed by atoms with van der Waals surface area (Å²) in [4.78, 5) is 58.0. The number of ether oxygens (including phenoxy) is 1. The van der Waals surface area contributed by atoms with Crippen LogP contribution in [0.2, 0.25) is 0 Å². The molecule has 4 unspecified atom stereocenters. The van der Waals surface area contributed by atoms with Gasteiger partial charge in [0.25, 0.3) is 5.91 Å². The predicted octanol–water partition coefficient (Wildman–Crippen LogP) is 5.89. The number of hydrogen-bond acceptors (Lipinski definition) is 7. The molecule has 1 aromatic heterocycles. The van der Waals surface area contributed by atoms with Crippen molar-refractivity contribution in [3.05, 3.63) is 103 Å². The van der Waals surface area contributed by atoms with E-state index in [-0.39, 0.29) is 70.0 Å². The molecule has 2 saturated carbocycles. The first-order valence-electron chi connectivity index (χ1n) is 14.5. The molecule has 3 heterocycles. The zero-order chi connectivity index (χ0) is 30.1. The average Bonchev–Trinajstić information content (AvgIpc) is 3.76. The Kier molecular flexibility index (Phi) is 6.80. The van der Waals surface area contributed by atoms with Gasteiger partial charge in [-0.15, -0.1) is 11.8 Å². The molecule has 8 nitrogen and oxygen atoms in total. The van der Waals surface area contributed by atoms with E-state index in [2.05, 4.69) is 26.2 Å². The molecule has 4 aromatic rings. The van der Waals surface area contributed by atoms with Gasteiger partial charge in [0.15, 0.2) is 6.61 Å². The normalized spacial score (nSPS) is 28.0. The van der Waals surface area contributed by atoms with Gasteiger partial charge in [0.2, 0.25) is 11.8 Å². The van der Waals surface area contributed by atoms with Crippen molar-refractivity contribution in [3.63, 3.8) is 0 Å². The third-order valence-electron chi connectivity index (χ3n) is 9.48. The molecule has 8 rings (SSSR count). The summed E-state index contributed by atoms with van der Waals surface area (Å²) in [6.45, 7) is -0.125. The lowest BCUT2D eigenvalue weighted by Gasteiger charge is -2.43. The van der Waals surface area contributed by atoms with Crippen molar-refractivity contribution in [2.24, 2.45) is 29.6 Å². The zero-order valence-electron chi connectivity index (χ0n) is 23.1. The Bertz CT molecular complexity index is 1840. The summed E-state index contributed by atoms with van der Waals surface area (Å²) in [5.41, 5.74) is 2.35. The maximum Gasteiger partial charge on any atom is 0.305 e. The highest BCUT2D eigenvalue weighted by Gasteiger charge is 2.69. The number of benzene rings is 3. The van der Waals surface area contributed by atoms with E-state index in [1.807, 2.05) is 78.9 Å². The highest BCUT2D eigenvalue weighted by molar-refractivity contribution is 9.10. The third kappa shape index (κ3) is 4.47. The minimum absolute atomic E-state index is 0.0346. The molecule has 3 amide bonds. The fourth-order valence-corrected chi connectivity index (χ4v) is 11.0. The molecule has 3 fully saturated rings. The van der Waals surface area contributed by atoms with E-state index in [0.29, 0.717) is 17.1 Å². The second kappa shape index (κ2) is 10.7. The molecule has 11 heteroatoms. The smallest absolute Gasteiger partial charge is 0.305 e. The van der Waals surface area contributed by atoms with E-state index in [0.717, 1.165) is 26.4 Å². The van der Waals surface area contributed by atoms with Crippen molar-refractivity contribution in [2.75, 3.05) is 16.8 Å². The standard InChI is InChI=1S/C33H26BrN3O5S2/c34-17-8-10-19(11-9-17)37-31(39)26-21-14-22(27(26)32(37)40)28-25(21)24(29-30(43-28)36-33(41)44-29)16-6-12-20(13-7-16)42-15-23(38)35-18-4-2-1-3-5-18/h1-13,21-22,24-28H,14-15H2,(H,35,38)(H,36,41)/t21-,22-,24-,25?,26?,27?,28?/m1/s1. The Morgan fingerprint density at radius 2 is 1.64 bits per heavy atom. The second-order valence-corrected chi connectivity index (χ2v) is 14.8. The van der Waals surface area contributed by atoms with Crippen LogP contribution >= 0.6 is 39.0 Å². The lowest BCUT2D eigenvalue weighted by Crippen LogP contribution is -2.42. The Hall–Kier alpha value is -3.67. The molecule has 2 bridgehead atoms. The van der Waals surface area contributed by atoms with Gasteiger partial charge in [-0.1, -0.05) is 57.6 Å². The topological polar surface area (TPSA) is 109 Å². The van der Waals surface area contributed by atoms with Crippen LogP contribution < -0.4 is 19.8 Å². The Labute approximate surface area is 269 Å². The summed E-state index contributed by atoms with van der Waals surface area (Å²) in [5.74, 6) is -0.482. The Morgan fingerprint density at radius 3 is 2.36 bits per heavy atom. The number of amides is 3. The molecule has 1 saturated heterocycles. The first-order chi connectivity index (χ1) is 21.4. The lowest BCUT2D eigenvalue weighted by molar-refractivity contribution is -0.123. The fourth-order valence-electron chi connectivity index (χ4n) is 7.87. The molecule has 3 aromatic carbocycles. The zero-order valence-corrected chi connectivity index (χ0v) is 26.4. The summed E-state index contributed by atoms with van der Waals surface area (Å²) in [7, 11) is 0. The van der Waals surface area contributed by atoms with Crippen molar-refractivity contribution in [3.8, 4) is 5.75 Å². The summed E-state index contributed by atoms with van der Waals surface area (Å²) in [6, 6.07) is 24.2. The van der Waals surface area contributed by atoms with Gasteiger partial charge < -0.3 is 15.0 Å². The maximum atomic E-state index is 13.9. The number of H-pyrrole nitrogens is 1. The summed E-state index contributed by atoms with van der Waals surface area (Å²) < 4.78 is 6.66. The number of para-hydroxylation sites is 1. The van der Waals surface area contributed by atoms with E-state index < -0.39 is 0 Å². The highest BCUT2D eigenvalue weighted by Crippen LogP contribution is 2.68. The molecule has 0 radical (unpaired) electrons. The molecule has 222 valence electrons. The molecule has 2 aliphatic heterocycles. The third-order valence-corrected chi connectivity index (χ3v) is 12.6. The molecule has 2 N–H and O–H groups in total. The number of thiazole rings is 1. The number of rotatable bonds is 6. The van der Waals surface area contributed by atoms with E-state index in [1.54, 1.807) is 11.8 Å². The molecular weight excluding hydrogens is 662 g/mol. The number of thioether (sulfide) groups is 1. The number of hydrogen-bond donors (Lipinski definition) is 2. The molecule has 4 aliphatic rings. The van der Waals surface area contributed by atoms with Gasteiger partial charge in [-0.05, 0) is 78.3 Å². The number of fused-ring (bicyclic) bond motifs is 9. The number of carbonyl (C=O) groups is 3. The van der Waals surface area contributed by atoms with E-state index >= 15 is 0 Å². The van der Waals surface area contributed by atoms with Crippen LogP contribution in [-0.4, -0.2) is 34.6 Å². The van der Waals surface area contributed by atoms with Crippen molar-refractivity contribution >= 4 is 68.1 Å². The molecule has 44 heavy (non-hydrogen) atoms. The van der Waals surface area contributed by atoms with Crippen LogP contribution in [0, 0.1) is 29.6 Å². The number of carbonyl (C=O) groups excluding carboxylic acids is 3.